The van der Waals surface area contributed by atoms with Crippen LogP contribution in [-0.4, -0.2) is 13.1 Å². The van der Waals surface area contributed by atoms with Crippen LogP contribution < -0.4 is 10.6 Å². The topological polar surface area (TPSA) is 53.0 Å². The Kier molecular flexibility index (Phi) is 4.78. The number of anilines is 1. The molecule has 0 saturated carbocycles. The van der Waals surface area contributed by atoms with Crippen molar-refractivity contribution in [2.45, 2.75) is 25.4 Å². The fourth-order valence-corrected chi connectivity index (χ4v) is 3.34. The highest BCUT2D eigenvalue weighted by molar-refractivity contribution is 7.10. The summed E-state index contributed by atoms with van der Waals surface area (Å²) in [5.41, 5.74) is 7.93. The Balaban J connectivity index is 2.41. The lowest BCUT2D eigenvalue weighted by atomic mass is 10.0. The third-order valence-corrected chi connectivity index (χ3v) is 4.48. The van der Waals surface area contributed by atoms with Gasteiger partial charge in [0.2, 0.25) is 0 Å². The van der Waals surface area contributed by atoms with Gasteiger partial charge in [0.05, 0.1) is 17.3 Å². The van der Waals surface area contributed by atoms with Crippen molar-refractivity contribution in [3.8, 4) is 6.07 Å². The molecule has 1 heterocycles. The van der Waals surface area contributed by atoms with Crippen molar-refractivity contribution in [1.82, 2.24) is 0 Å². The van der Waals surface area contributed by atoms with Crippen LogP contribution >= 0.6 is 11.3 Å². The minimum Gasteiger partial charge on any atom is -0.364 e. The van der Waals surface area contributed by atoms with E-state index in [1.165, 1.54) is 4.88 Å². The second-order valence-electron chi connectivity index (χ2n) is 4.77. The third-order valence-electron chi connectivity index (χ3n) is 3.53. The van der Waals surface area contributed by atoms with Gasteiger partial charge >= 0.3 is 0 Å². The molecule has 0 aliphatic heterocycles. The molecule has 20 heavy (non-hydrogen) atoms. The molecule has 2 aromatic rings. The zero-order valence-corrected chi connectivity index (χ0v) is 12.6. The molecule has 2 N–H and O–H groups in total. The molecular weight excluding hydrogens is 266 g/mol. The maximum atomic E-state index is 9.27. The van der Waals surface area contributed by atoms with Crippen LogP contribution in [0.15, 0.2) is 41.8 Å². The van der Waals surface area contributed by atoms with Gasteiger partial charge in [0.25, 0.3) is 0 Å². The number of hydrogen-bond donors (Lipinski definition) is 1. The first-order chi connectivity index (χ1) is 9.69. The lowest BCUT2D eigenvalue weighted by Gasteiger charge is -2.34. The van der Waals surface area contributed by atoms with Crippen molar-refractivity contribution >= 4 is 17.0 Å². The standard InChI is InChI=1S/C16H19N3S/c1-3-13(18)16(15-9-6-10-20-15)19(2)14-8-5-4-7-12(14)11-17/h4-10,13,16H,3,18H2,1-2H3. The summed E-state index contributed by atoms with van der Waals surface area (Å²) in [4.78, 5) is 3.35. The summed E-state index contributed by atoms with van der Waals surface area (Å²) in [5.74, 6) is 0. The largest absolute Gasteiger partial charge is 0.364 e. The highest BCUT2D eigenvalue weighted by Crippen LogP contribution is 2.33. The van der Waals surface area contributed by atoms with Gasteiger partial charge in [-0.1, -0.05) is 25.1 Å². The molecule has 0 saturated heterocycles. The number of thiophene rings is 1. The van der Waals surface area contributed by atoms with E-state index in [0.717, 1.165) is 12.1 Å². The zero-order valence-electron chi connectivity index (χ0n) is 11.8. The SMILES string of the molecule is CCC(N)C(c1cccs1)N(C)c1ccccc1C#N. The van der Waals surface area contributed by atoms with Crippen LogP contribution in [-0.2, 0) is 0 Å². The van der Waals surface area contributed by atoms with E-state index in [1.807, 2.05) is 37.4 Å². The molecule has 0 aliphatic carbocycles. The Labute approximate surface area is 124 Å². The van der Waals surface area contributed by atoms with Crippen LogP contribution in [0.4, 0.5) is 5.69 Å². The molecule has 2 atom stereocenters. The number of likely N-dealkylation sites (N-methyl/N-ethyl adjacent to an activating group) is 1. The van der Waals surface area contributed by atoms with E-state index in [-0.39, 0.29) is 12.1 Å². The number of para-hydroxylation sites is 1. The van der Waals surface area contributed by atoms with Gasteiger partial charge in [-0.2, -0.15) is 5.26 Å². The molecule has 4 heteroatoms. The highest BCUT2D eigenvalue weighted by Gasteiger charge is 2.25. The van der Waals surface area contributed by atoms with E-state index in [0.29, 0.717) is 5.56 Å². The quantitative estimate of drug-likeness (QED) is 0.914. The van der Waals surface area contributed by atoms with Crippen LogP contribution in [0.3, 0.4) is 0 Å². The fraction of sp³-hybridized carbons (Fsp3) is 0.312. The van der Waals surface area contributed by atoms with E-state index < -0.39 is 0 Å². The van der Waals surface area contributed by atoms with Crippen LogP contribution in [0.5, 0.6) is 0 Å². The lowest BCUT2D eigenvalue weighted by molar-refractivity contribution is 0.516. The summed E-state index contributed by atoms with van der Waals surface area (Å²) in [6.07, 6.45) is 0.891. The smallest absolute Gasteiger partial charge is 0.101 e. The van der Waals surface area contributed by atoms with Gasteiger partial charge in [0.15, 0.2) is 0 Å². The second kappa shape index (κ2) is 6.56. The van der Waals surface area contributed by atoms with Gasteiger partial charge in [0.1, 0.15) is 6.07 Å². The van der Waals surface area contributed by atoms with E-state index >= 15 is 0 Å². The summed E-state index contributed by atoms with van der Waals surface area (Å²) in [6.45, 7) is 2.09. The number of rotatable bonds is 5. The Hall–Kier alpha value is -1.83. The van der Waals surface area contributed by atoms with Crippen LogP contribution in [0.25, 0.3) is 0 Å². The predicted octanol–water partition coefficient (Wildman–Crippen LogP) is 3.53. The van der Waals surface area contributed by atoms with Crippen molar-refractivity contribution < 1.29 is 0 Å². The van der Waals surface area contributed by atoms with Crippen LogP contribution in [0.2, 0.25) is 0 Å². The molecule has 2 rings (SSSR count). The summed E-state index contributed by atoms with van der Waals surface area (Å²) in [7, 11) is 2.01. The van der Waals surface area contributed by atoms with E-state index in [2.05, 4.69) is 29.3 Å². The van der Waals surface area contributed by atoms with Crippen molar-refractivity contribution in [2.24, 2.45) is 5.73 Å². The van der Waals surface area contributed by atoms with Crippen molar-refractivity contribution in [2.75, 3.05) is 11.9 Å². The van der Waals surface area contributed by atoms with Crippen molar-refractivity contribution in [1.29, 1.82) is 5.26 Å². The maximum Gasteiger partial charge on any atom is 0.101 e. The normalized spacial score (nSPS) is 13.5. The van der Waals surface area contributed by atoms with Gasteiger partial charge in [-0.3, -0.25) is 0 Å². The number of hydrogen-bond acceptors (Lipinski definition) is 4. The predicted molar refractivity (Wildman–Crippen MR) is 84.9 cm³/mol. The molecule has 104 valence electrons. The summed E-state index contributed by atoms with van der Waals surface area (Å²) < 4.78 is 0. The fourth-order valence-electron chi connectivity index (χ4n) is 2.40. The zero-order chi connectivity index (χ0) is 14.5. The average molecular weight is 285 g/mol. The first-order valence-corrected chi connectivity index (χ1v) is 7.58. The van der Waals surface area contributed by atoms with Crippen molar-refractivity contribution in [3.05, 3.63) is 52.2 Å². The summed E-state index contributed by atoms with van der Waals surface area (Å²) in [5, 5.41) is 11.3. The Bertz CT molecular complexity index is 586. The summed E-state index contributed by atoms with van der Waals surface area (Å²) in [6, 6.07) is 14.2. The number of nitrogens with zero attached hydrogens (tertiary/aromatic N) is 2. The molecule has 0 bridgehead atoms. The van der Waals surface area contributed by atoms with Gasteiger partial charge in [-0.05, 0) is 30.0 Å². The molecule has 0 radical (unpaired) electrons. The molecule has 0 spiro atoms. The maximum absolute atomic E-state index is 9.27. The van der Waals surface area contributed by atoms with Crippen molar-refractivity contribution in [3.63, 3.8) is 0 Å². The van der Waals surface area contributed by atoms with Gasteiger partial charge in [-0.25, -0.2) is 0 Å². The van der Waals surface area contributed by atoms with Gasteiger partial charge in [0, 0.05) is 18.0 Å². The molecule has 0 amide bonds. The molecule has 3 nitrogen and oxygen atoms in total. The second-order valence-corrected chi connectivity index (χ2v) is 5.75. The Morgan fingerprint density at radius 2 is 2.05 bits per heavy atom. The Morgan fingerprint density at radius 3 is 2.65 bits per heavy atom. The number of nitriles is 1. The molecule has 0 fully saturated rings. The lowest BCUT2D eigenvalue weighted by Crippen LogP contribution is -2.38. The average Bonchev–Trinajstić information content (AvgIpc) is 3.00. The number of nitrogens with two attached hydrogens (primary N) is 1. The number of benzene rings is 1. The Morgan fingerprint density at radius 1 is 1.30 bits per heavy atom. The summed E-state index contributed by atoms with van der Waals surface area (Å²) >= 11 is 1.71. The van der Waals surface area contributed by atoms with Gasteiger partial charge < -0.3 is 10.6 Å². The first kappa shape index (κ1) is 14.6. The highest BCUT2D eigenvalue weighted by atomic mass is 32.1. The minimum atomic E-state index is 0.0328. The van der Waals surface area contributed by atoms with E-state index in [4.69, 9.17) is 5.73 Å². The van der Waals surface area contributed by atoms with Crippen LogP contribution in [0, 0.1) is 11.3 Å². The molecule has 1 aromatic carbocycles. The molecule has 0 aliphatic rings. The minimum absolute atomic E-state index is 0.0328. The molecular formula is C16H19N3S. The van der Waals surface area contributed by atoms with Crippen LogP contribution in [0.1, 0.15) is 29.8 Å². The molecule has 2 unspecified atom stereocenters. The van der Waals surface area contributed by atoms with E-state index in [9.17, 15) is 5.26 Å². The first-order valence-electron chi connectivity index (χ1n) is 6.70. The monoisotopic (exact) mass is 285 g/mol. The van der Waals surface area contributed by atoms with Gasteiger partial charge in [-0.15, -0.1) is 11.3 Å². The molecule has 1 aromatic heterocycles. The third kappa shape index (κ3) is 2.84. The van der Waals surface area contributed by atoms with E-state index in [1.54, 1.807) is 11.3 Å².